The van der Waals surface area contributed by atoms with Crippen molar-refractivity contribution >= 4 is 17.5 Å². The summed E-state index contributed by atoms with van der Waals surface area (Å²) in [6, 6.07) is 12.0. The van der Waals surface area contributed by atoms with Crippen LogP contribution in [0.4, 0.5) is 5.69 Å². The highest BCUT2D eigenvalue weighted by Gasteiger charge is 2.32. The van der Waals surface area contributed by atoms with Crippen molar-refractivity contribution in [1.29, 1.82) is 0 Å². The fraction of sp³-hybridized carbons (Fsp3) is 0.409. The SMILES string of the molecule is CCC(C(=O)NC(C)(C)C)N(C(=O)Cn1nnc(-c2ccc(C)o2)n1)c1ccccc1. The molecule has 9 nitrogen and oxygen atoms in total. The maximum absolute atomic E-state index is 13.3. The van der Waals surface area contributed by atoms with Crippen LogP contribution in [-0.4, -0.2) is 43.6 Å². The van der Waals surface area contributed by atoms with E-state index in [4.69, 9.17) is 4.42 Å². The number of aromatic nitrogens is 4. The first-order valence-electron chi connectivity index (χ1n) is 10.2. The Labute approximate surface area is 181 Å². The predicted octanol–water partition coefficient (Wildman–Crippen LogP) is 2.97. The van der Waals surface area contributed by atoms with Crippen LogP contribution < -0.4 is 10.2 Å². The molecule has 2 amide bonds. The Morgan fingerprint density at radius 2 is 1.87 bits per heavy atom. The Bertz CT molecular complexity index is 1030. The monoisotopic (exact) mass is 424 g/mol. The van der Waals surface area contributed by atoms with Crippen LogP contribution in [0.25, 0.3) is 11.6 Å². The molecule has 1 unspecified atom stereocenters. The molecule has 0 saturated heterocycles. The minimum Gasteiger partial charge on any atom is -0.458 e. The van der Waals surface area contributed by atoms with Crippen LogP contribution in [0.3, 0.4) is 0 Å². The first-order chi connectivity index (χ1) is 14.7. The number of para-hydroxylation sites is 1. The smallest absolute Gasteiger partial charge is 0.251 e. The summed E-state index contributed by atoms with van der Waals surface area (Å²) in [6.07, 6.45) is 0.449. The molecule has 1 atom stereocenters. The van der Waals surface area contributed by atoms with Crippen LogP contribution in [0.2, 0.25) is 0 Å². The van der Waals surface area contributed by atoms with Gasteiger partial charge >= 0.3 is 0 Å². The number of carbonyl (C=O) groups is 2. The lowest BCUT2D eigenvalue weighted by molar-refractivity contribution is -0.128. The van der Waals surface area contributed by atoms with Gasteiger partial charge in [-0.3, -0.25) is 14.5 Å². The minimum absolute atomic E-state index is 0.166. The standard InChI is InChI=1S/C22H28N6O3/c1-6-17(21(30)23-22(3,4)5)28(16-10-8-7-9-11-16)19(29)14-27-25-20(24-26-27)18-13-12-15(2)31-18/h7-13,17H,6,14H2,1-5H3,(H,23,30). The average Bonchev–Trinajstić information content (AvgIpc) is 3.34. The van der Waals surface area contributed by atoms with Crippen molar-refractivity contribution in [2.75, 3.05) is 4.90 Å². The van der Waals surface area contributed by atoms with Gasteiger partial charge in [0.05, 0.1) is 0 Å². The lowest BCUT2D eigenvalue weighted by Gasteiger charge is -2.32. The fourth-order valence-electron chi connectivity index (χ4n) is 3.19. The number of carbonyl (C=O) groups excluding carboxylic acids is 2. The minimum atomic E-state index is -0.676. The maximum Gasteiger partial charge on any atom is 0.251 e. The molecule has 0 fully saturated rings. The number of furan rings is 1. The van der Waals surface area contributed by atoms with E-state index in [0.29, 0.717) is 23.7 Å². The van der Waals surface area contributed by atoms with Crippen molar-refractivity contribution in [1.82, 2.24) is 25.5 Å². The van der Waals surface area contributed by atoms with Gasteiger partial charge in [-0.1, -0.05) is 25.1 Å². The van der Waals surface area contributed by atoms with E-state index in [9.17, 15) is 9.59 Å². The topological polar surface area (TPSA) is 106 Å². The van der Waals surface area contributed by atoms with Gasteiger partial charge in [-0.25, -0.2) is 0 Å². The average molecular weight is 425 g/mol. The number of benzene rings is 1. The summed E-state index contributed by atoms with van der Waals surface area (Å²) < 4.78 is 5.51. The zero-order valence-electron chi connectivity index (χ0n) is 18.5. The number of amides is 2. The van der Waals surface area contributed by atoms with Gasteiger partial charge in [0, 0.05) is 11.2 Å². The van der Waals surface area contributed by atoms with Gasteiger partial charge in [0.2, 0.25) is 11.7 Å². The molecule has 164 valence electrons. The Morgan fingerprint density at radius 3 is 2.45 bits per heavy atom. The third-order valence-corrected chi connectivity index (χ3v) is 4.49. The Morgan fingerprint density at radius 1 is 1.16 bits per heavy atom. The van der Waals surface area contributed by atoms with Gasteiger partial charge in [0.1, 0.15) is 18.3 Å². The van der Waals surface area contributed by atoms with Crippen LogP contribution in [0, 0.1) is 6.92 Å². The second kappa shape index (κ2) is 9.11. The molecule has 0 spiro atoms. The Kier molecular flexibility index (Phi) is 6.53. The third kappa shape index (κ3) is 5.56. The van der Waals surface area contributed by atoms with E-state index in [1.807, 2.05) is 52.8 Å². The molecule has 3 rings (SSSR count). The highest BCUT2D eigenvalue weighted by atomic mass is 16.3. The largest absolute Gasteiger partial charge is 0.458 e. The fourth-order valence-corrected chi connectivity index (χ4v) is 3.19. The molecule has 0 radical (unpaired) electrons. The first-order valence-corrected chi connectivity index (χ1v) is 10.2. The second-order valence-electron chi connectivity index (χ2n) is 8.32. The number of anilines is 1. The molecule has 0 aliphatic rings. The molecule has 0 bridgehead atoms. The van der Waals surface area contributed by atoms with Crippen molar-refractivity contribution in [3.05, 3.63) is 48.2 Å². The van der Waals surface area contributed by atoms with E-state index >= 15 is 0 Å². The molecule has 0 aliphatic heterocycles. The van der Waals surface area contributed by atoms with E-state index in [1.54, 1.807) is 24.3 Å². The normalized spacial score (nSPS) is 12.4. The molecule has 1 aromatic carbocycles. The quantitative estimate of drug-likeness (QED) is 0.625. The number of nitrogens with one attached hydrogen (secondary N) is 1. The second-order valence-corrected chi connectivity index (χ2v) is 8.32. The Hall–Kier alpha value is -3.49. The lowest BCUT2D eigenvalue weighted by atomic mass is 10.1. The van der Waals surface area contributed by atoms with E-state index in [-0.39, 0.29) is 18.4 Å². The van der Waals surface area contributed by atoms with Crippen LogP contribution in [0.5, 0.6) is 0 Å². The summed E-state index contributed by atoms with van der Waals surface area (Å²) in [5.74, 6) is 0.970. The van der Waals surface area contributed by atoms with Crippen molar-refractivity contribution in [3.8, 4) is 11.6 Å². The summed E-state index contributed by atoms with van der Waals surface area (Å²) in [6.45, 7) is 9.25. The van der Waals surface area contributed by atoms with Gasteiger partial charge in [0.25, 0.3) is 5.91 Å². The predicted molar refractivity (Wildman–Crippen MR) is 116 cm³/mol. The van der Waals surface area contributed by atoms with Crippen LogP contribution in [0.1, 0.15) is 39.9 Å². The summed E-state index contributed by atoms with van der Waals surface area (Å²) >= 11 is 0. The molecule has 9 heteroatoms. The molecular weight excluding hydrogens is 396 g/mol. The van der Waals surface area contributed by atoms with Crippen molar-refractivity contribution < 1.29 is 14.0 Å². The zero-order chi connectivity index (χ0) is 22.6. The molecule has 2 aromatic heterocycles. The van der Waals surface area contributed by atoms with Crippen LogP contribution in [-0.2, 0) is 16.1 Å². The summed E-state index contributed by atoms with van der Waals surface area (Å²) in [5.41, 5.74) is 0.213. The summed E-state index contributed by atoms with van der Waals surface area (Å²) in [7, 11) is 0. The lowest BCUT2D eigenvalue weighted by Crippen LogP contribution is -2.54. The first kappa shape index (κ1) is 22.2. The number of tetrazole rings is 1. The van der Waals surface area contributed by atoms with Gasteiger partial charge < -0.3 is 9.73 Å². The summed E-state index contributed by atoms with van der Waals surface area (Å²) in [4.78, 5) is 29.0. The van der Waals surface area contributed by atoms with Gasteiger partial charge in [-0.15, -0.1) is 10.2 Å². The molecule has 0 saturated carbocycles. The number of rotatable bonds is 7. The van der Waals surface area contributed by atoms with E-state index in [2.05, 4.69) is 20.7 Å². The van der Waals surface area contributed by atoms with E-state index in [1.165, 1.54) is 9.70 Å². The van der Waals surface area contributed by atoms with Crippen molar-refractivity contribution in [2.24, 2.45) is 0 Å². The van der Waals surface area contributed by atoms with Crippen LogP contribution in [0.15, 0.2) is 46.9 Å². The highest BCUT2D eigenvalue weighted by Crippen LogP contribution is 2.21. The summed E-state index contributed by atoms with van der Waals surface area (Å²) in [5, 5.41) is 15.2. The molecule has 31 heavy (non-hydrogen) atoms. The molecule has 1 N–H and O–H groups in total. The molecule has 0 aliphatic carbocycles. The number of hydrogen-bond acceptors (Lipinski definition) is 6. The maximum atomic E-state index is 13.3. The zero-order valence-corrected chi connectivity index (χ0v) is 18.5. The van der Waals surface area contributed by atoms with Crippen molar-refractivity contribution in [3.63, 3.8) is 0 Å². The number of aryl methyl sites for hydroxylation is 1. The van der Waals surface area contributed by atoms with Crippen molar-refractivity contribution in [2.45, 2.75) is 59.2 Å². The molecule has 3 aromatic rings. The van der Waals surface area contributed by atoms with Gasteiger partial charge in [-0.2, -0.15) is 4.80 Å². The molecular formula is C22H28N6O3. The highest BCUT2D eigenvalue weighted by molar-refractivity contribution is 6.00. The van der Waals surface area contributed by atoms with Gasteiger partial charge in [0.15, 0.2) is 5.76 Å². The van der Waals surface area contributed by atoms with Crippen LogP contribution >= 0.6 is 0 Å². The van der Waals surface area contributed by atoms with E-state index in [0.717, 1.165) is 5.76 Å². The molecule has 2 heterocycles. The van der Waals surface area contributed by atoms with Gasteiger partial charge in [-0.05, 0) is 63.6 Å². The van der Waals surface area contributed by atoms with E-state index < -0.39 is 11.6 Å². The third-order valence-electron chi connectivity index (χ3n) is 4.49. The number of nitrogens with zero attached hydrogens (tertiary/aromatic N) is 5. The Balaban J connectivity index is 1.86. The number of hydrogen-bond donors (Lipinski definition) is 1.